The van der Waals surface area contributed by atoms with E-state index < -0.39 is 0 Å². The van der Waals surface area contributed by atoms with Gasteiger partial charge in [0, 0.05) is 41.1 Å². The van der Waals surface area contributed by atoms with Crippen LogP contribution in [0.3, 0.4) is 0 Å². The molecule has 23 heavy (non-hydrogen) atoms. The normalized spacial score (nSPS) is 22.2. The number of rotatable bonds is 3. The second-order valence-electron chi connectivity index (χ2n) is 6.39. The summed E-state index contributed by atoms with van der Waals surface area (Å²) in [5, 5.41) is 1.18. The van der Waals surface area contributed by atoms with Gasteiger partial charge in [0.15, 0.2) is 0 Å². The molecule has 0 radical (unpaired) electrons. The van der Waals surface area contributed by atoms with Gasteiger partial charge < -0.3 is 9.64 Å². The van der Waals surface area contributed by atoms with E-state index in [1.54, 1.807) is 0 Å². The molecule has 0 saturated heterocycles. The SMILES string of the molecule is CN(C)CCn1c2c(sc1=O)[C@@H]1c3ccccc3OC[C@@H]1CS2. The van der Waals surface area contributed by atoms with Crippen LogP contribution in [0.2, 0.25) is 0 Å². The zero-order valence-corrected chi connectivity index (χ0v) is 15.0. The van der Waals surface area contributed by atoms with E-state index >= 15 is 0 Å². The molecule has 3 heterocycles. The molecule has 4 rings (SSSR count). The molecule has 4 nitrogen and oxygen atoms in total. The average Bonchev–Trinajstić information content (AvgIpc) is 2.87. The molecule has 2 aliphatic heterocycles. The summed E-state index contributed by atoms with van der Waals surface area (Å²) >= 11 is 3.25. The van der Waals surface area contributed by atoms with Crippen molar-refractivity contribution in [2.75, 3.05) is 33.0 Å². The van der Waals surface area contributed by atoms with Crippen LogP contribution in [0.1, 0.15) is 16.4 Å². The second-order valence-corrected chi connectivity index (χ2v) is 8.39. The number of hydrogen-bond acceptors (Lipinski definition) is 5. The van der Waals surface area contributed by atoms with Crippen molar-refractivity contribution < 1.29 is 4.74 Å². The minimum atomic E-state index is 0.175. The summed E-state index contributed by atoms with van der Waals surface area (Å²) in [7, 11) is 4.09. The Bertz CT molecular complexity index is 781. The minimum Gasteiger partial charge on any atom is -0.493 e. The summed E-state index contributed by atoms with van der Waals surface area (Å²) in [6.07, 6.45) is 0. The second kappa shape index (κ2) is 6.00. The number of fused-ring (bicyclic) bond motifs is 5. The molecule has 0 unspecified atom stereocenters. The zero-order valence-electron chi connectivity index (χ0n) is 13.3. The Labute approximate surface area is 144 Å². The Morgan fingerprint density at radius 1 is 1.35 bits per heavy atom. The number of para-hydroxylation sites is 1. The van der Waals surface area contributed by atoms with Crippen molar-refractivity contribution in [1.82, 2.24) is 9.47 Å². The number of thioether (sulfide) groups is 1. The van der Waals surface area contributed by atoms with Crippen molar-refractivity contribution in [1.29, 1.82) is 0 Å². The van der Waals surface area contributed by atoms with Gasteiger partial charge in [0.25, 0.3) is 0 Å². The Morgan fingerprint density at radius 2 is 2.17 bits per heavy atom. The monoisotopic (exact) mass is 348 g/mol. The predicted molar refractivity (Wildman–Crippen MR) is 95.1 cm³/mol. The van der Waals surface area contributed by atoms with Gasteiger partial charge in [-0.2, -0.15) is 0 Å². The summed E-state index contributed by atoms with van der Waals surface area (Å²) in [5.41, 5.74) is 1.24. The van der Waals surface area contributed by atoms with Gasteiger partial charge in [-0.05, 0) is 20.2 Å². The number of likely N-dealkylation sites (N-methyl/N-ethyl adjacent to an activating group) is 1. The maximum absolute atomic E-state index is 12.5. The van der Waals surface area contributed by atoms with Crippen LogP contribution >= 0.6 is 23.1 Å². The van der Waals surface area contributed by atoms with Gasteiger partial charge in [0.2, 0.25) is 0 Å². The quantitative estimate of drug-likeness (QED) is 0.854. The molecule has 1 aromatic heterocycles. The summed E-state index contributed by atoms with van der Waals surface area (Å²) in [6, 6.07) is 8.28. The highest BCUT2D eigenvalue weighted by molar-refractivity contribution is 7.99. The molecule has 0 N–H and O–H groups in total. The first-order chi connectivity index (χ1) is 11.1. The number of benzene rings is 1. The lowest BCUT2D eigenvalue weighted by Gasteiger charge is -2.36. The lowest BCUT2D eigenvalue weighted by atomic mass is 9.84. The Balaban J connectivity index is 1.78. The number of hydrogen-bond donors (Lipinski definition) is 0. The lowest BCUT2D eigenvalue weighted by Crippen LogP contribution is -2.31. The van der Waals surface area contributed by atoms with Crippen molar-refractivity contribution in [3.05, 3.63) is 44.4 Å². The Morgan fingerprint density at radius 3 is 3.00 bits per heavy atom. The zero-order chi connectivity index (χ0) is 16.0. The van der Waals surface area contributed by atoms with Gasteiger partial charge in [-0.25, -0.2) is 0 Å². The molecule has 0 saturated carbocycles. The first-order valence-corrected chi connectivity index (χ1v) is 9.68. The molecule has 6 heteroatoms. The third kappa shape index (κ3) is 2.62. The van der Waals surface area contributed by atoms with E-state index in [0.717, 1.165) is 31.2 Å². The first kappa shape index (κ1) is 15.3. The highest BCUT2D eigenvalue weighted by Crippen LogP contribution is 2.50. The summed E-state index contributed by atoms with van der Waals surface area (Å²) in [6.45, 7) is 2.40. The number of aromatic nitrogens is 1. The Kier molecular flexibility index (Phi) is 3.99. The molecule has 0 amide bonds. The van der Waals surface area contributed by atoms with Gasteiger partial charge >= 0.3 is 4.87 Å². The van der Waals surface area contributed by atoms with E-state index in [0.29, 0.717) is 11.8 Å². The molecule has 2 aromatic rings. The number of thiazole rings is 1. The van der Waals surface area contributed by atoms with E-state index in [9.17, 15) is 4.79 Å². The molecule has 1 aromatic carbocycles. The van der Waals surface area contributed by atoms with Crippen LogP contribution in [-0.2, 0) is 6.54 Å². The largest absolute Gasteiger partial charge is 0.493 e. The van der Waals surface area contributed by atoms with Crippen molar-refractivity contribution in [2.24, 2.45) is 5.92 Å². The molecule has 122 valence electrons. The highest BCUT2D eigenvalue weighted by atomic mass is 32.2. The van der Waals surface area contributed by atoms with Crippen molar-refractivity contribution in [3.63, 3.8) is 0 Å². The third-order valence-electron chi connectivity index (χ3n) is 4.54. The molecular formula is C17H20N2O2S2. The minimum absolute atomic E-state index is 0.175. The molecule has 0 fully saturated rings. The highest BCUT2D eigenvalue weighted by Gasteiger charge is 2.39. The van der Waals surface area contributed by atoms with Crippen molar-refractivity contribution in [3.8, 4) is 5.75 Å². The number of nitrogens with zero attached hydrogens (tertiary/aromatic N) is 2. The van der Waals surface area contributed by atoms with E-state index in [1.165, 1.54) is 26.8 Å². The van der Waals surface area contributed by atoms with Gasteiger partial charge in [-0.1, -0.05) is 29.5 Å². The van der Waals surface area contributed by atoms with Crippen LogP contribution in [0.5, 0.6) is 5.75 Å². The summed E-state index contributed by atoms with van der Waals surface area (Å²) in [5.74, 6) is 2.77. The lowest BCUT2D eigenvalue weighted by molar-refractivity contribution is 0.218. The van der Waals surface area contributed by atoms with Crippen LogP contribution in [0.4, 0.5) is 0 Å². The summed E-state index contributed by atoms with van der Waals surface area (Å²) in [4.78, 5) is 16.1. The molecule has 0 aliphatic carbocycles. The number of ether oxygens (including phenoxy) is 1. The molecule has 0 bridgehead atoms. The molecule has 0 spiro atoms. The summed E-state index contributed by atoms with van der Waals surface area (Å²) < 4.78 is 7.89. The van der Waals surface area contributed by atoms with Crippen LogP contribution in [0.25, 0.3) is 0 Å². The van der Waals surface area contributed by atoms with Crippen molar-refractivity contribution >= 4 is 23.1 Å². The van der Waals surface area contributed by atoms with Crippen molar-refractivity contribution in [2.45, 2.75) is 17.5 Å². The van der Waals surface area contributed by atoms with Crippen LogP contribution in [0.15, 0.2) is 34.1 Å². The fraction of sp³-hybridized carbons (Fsp3) is 0.471. The van der Waals surface area contributed by atoms with Crippen LogP contribution in [0, 0.1) is 5.92 Å². The maximum atomic E-state index is 12.5. The van der Waals surface area contributed by atoms with Gasteiger partial charge in [-0.3, -0.25) is 9.36 Å². The van der Waals surface area contributed by atoms with E-state index in [1.807, 2.05) is 42.6 Å². The molecular weight excluding hydrogens is 328 g/mol. The topological polar surface area (TPSA) is 34.5 Å². The smallest absolute Gasteiger partial charge is 0.308 e. The van der Waals surface area contributed by atoms with E-state index in [-0.39, 0.29) is 4.87 Å². The van der Waals surface area contributed by atoms with E-state index in [2.05, 4.69) is 17.0 Å². The first-order valence-electron chi connectivity index (χ1n) is 7.88. The molecule has 2 aliphatic rings. The maximum Gasteiger partial charge on any atom is 0.308 e. The molecule has 2 atom stereocenters. The Hall–Kier alpha value is -1.24. The standard InChI is InChI=1S/C17H20N2O2S2/c1-18(2)7-8-19-16-15(23-17(19)20)14-11(10-22-16)9-21-13-6-4-3-5-12(13)14/h3-6,11,14H,7-10H2,1-2H3/t11-,14+/m1/s1. The van der Waals surface area contributed by atoms with Crippen LogP contribution < -0.4 is 9.61 Å². The fourth-order valence-corrected chi connectivity index (χ4v) is 6.09. The average molecular weight is 348 g/mol. The van der Waals surface area contributed by atoms with E-state index in [4.69, 9.17) is 4.74 Å². The van der Waals surface area contributed by atoms with Crippen LogP contribution in [-0.4, -0.2) is 42.5 Å². The van der Waals surface area contributed by atoms with Gasteiger partial charge in [0.05, 0.1) is 11.6 Å². The van der Waals surface area contributed by atoms with Gasteiger partial charge in [0.1, 0.15) is 5.75 Å². The third-order valence-corrected chi connectivity index (χ3v) is 7.04. The van der Waals surface area contributed by atoms with Gasteiger partial charge in [-0.15, -0.1) is 11.8 Å². The predicted octanol–water partition coefficient (Wildman–Crippen LogP) is 2.72. The fourth-order valence-electron chi connectivity index (χ4n) is 3.35.